The summed E-state index contributed by atoms with van der Waals surface area (Å²) in [6.45, 7) is 7.54. The van der Waals surface area contributed by atoms with Gasteiger partial charge in [0, 0.05) is 35.9 Å². The molecule has 3 heterocycles. The third-order valence-electron chi connectivity index (χ3n) is 4.88. The van der Waals surface area contributed by atoms with Crippen molar-refractivity contribution >= 4 is 34.6 Å². The van der Waals surface area contributed by atoms with E-state index in [2.05, 4.69) is 58.6 Å². The van der Waals surface area contributed by atoms with Gasteiger partial charge in [-0.1, -0.05) is 0 Å². The lowest BCUT2D eigenvalue weighted by Gasteiger charge is -2.29. The number of aromatic nitrogens is 1. The van der Waals surface area contributed by atoms with Crippen molar-refractivity contribution in [3.63, 3.8) is 0 Å². The minimum absolute atomic E-state index is 0.267. The third-order valence-corrected chi connectivity index (χ3v) is 5.69. The highest BCUT2D eigenvalue weighted by atomic mass is 32.2. The lowest BCUT2D eigenvalue weighted by atomic mass is 10.2. The number of hydrogen-bond donors (Lipinski definition) is 1. The minimum Gasteiger partial charge on any atom is -0.378 e. The third kappa shape index (κ3) is 3.52. The smallest absolute Gasteiger partial charge is 0.286 e. The molecule has 0 aliphatic carbocycles. The van der Waals surface area contributed by atoms with E-state index in [1.54, 1.807) is 0 Å². The summed E-state index contributed by atoms with van der Waals surface area (Å²) < 4.78 is 7.62. The Morgan fingerprint density at radius 3 is 2.44 bits per heavy atom. The second-order valence-corrected chi connectivity index (χ2v) is 7.71. The maximum absolute atomic E-state index is 11.9. The fourth-order valence-corrected chi connectivity index (χ4v) is 4.20. The van der Waals surface area contributed by atoms with Crippen LogP contribution in [0, 0.1) is 13.8 Å². The number of hydrogen-bond acceptors (Lipinski definition) is 5. The first-order chi connectivity index (χ1) is 13.0. The number of aliphatic imine (C=N–C) groups is 1. The SMILES string of the molecule is Cc1cc(/C=C2\SC(N)=NC2=O)c(C)n1-c1ccc(N2CCOCC2)cc1. The van der Waals surface area contributed by atoms with Gasteiger partial charge in [0.25, 0.3) is 5.91 Å². The molecular weight excluding hydrogens is 360 g/mol. The van der Waals surface area contributed by atoms with Crippen molar-refractivity contribution in [2.45, 2.75) is 13.8 Å². The summed E-state index contributed by atoms with van der Waals surface area (Å²) in [5.41, 5.74) is 11.2. The molecule has 2 N–H and O–H groups in total. The van der Waals surface area contributed by atoms with E-state index in [1.807, 2.05) is 6.08 Å². The summed E-state index contributed by atoms with van der Waals surface area (Å²) in [5, 5.41) is 0.304. The average molecular weight is 382 g/mol. The van der Waals surface area contributed by atoms with Crippen LogP contribution in [0.25, 0.3) is 11.8 Å². The normalized spacial score (nSPS) is 19.0. The predicted octanol–water partition coefficient (Wildman–Crippen LogP) is 2.86. The van der Waals surface area contributed by atoms with Crippen LogP contribution in [0.1, 0.15) is 17.0 Å². The van der Waals surface area contributed by atoms with Gasteiger partial charge in [-0.15, -0.1) is 0 Å². The van der Waals surface area contributed by atoms with E-state index in [-0.39, 0.29) is 5.91 Å². The highest BCUT2D eigenvalue weighted by Gasteiger charge is 2.21. The molecule has 4 rings (SSSR count). The van der Waals surface area contributed by atoms with Gasteiger partial charge in [0.05, 0.1) is 18.1 Å². The molecule has 1 saturated heterocycles. The highest BCUT2D eigenvalue weighted by molar-refractivity contribution is 8.18. The molecule has 7 heteroatoms. The number of benzene rings is 1. The second-order valence-electron chi connectivity index (χ2n) is 6.64. The van der Waals surface area contributed by atoms with Gasteiger partial charge >= 0.3 is 0 Å². The van der Waals surface area contributed by atoms with Crippen LogP contribution in [-0.4, -0.2) is 41.9 Å². The molecule has 0 radical (unpaired) electrons. The monoisotopic (exact) mass is 382 g/mol. The zero-order valence-corrected chi connectivity index (χ0v) is 16.3. The molecule has 0 saturated carbocycles. The van der Waals surface area contributed by atoms with E-state index in [9.17, 15) is 4.79 Å². The molecule has 0 spiro atoms. The highest BCUT2D eigenvalue weighted by Crippen LogP contribution is 2.30. The molecule has 2 aliphatic rings. The summed E-state index contributed by atoms with van der Waals surface area (Å²) in [6.07, 6.45) is 1.87. The van der Waals surface area contributed by atoms with Crippen LogP contribution in [0.2, 0.25) is 0 Å². The fourth-order valence-electron chi connectivity index (χ4n) is 3.53. The van der Waals surface area contributed by atoms with E-state index in [4.69, 9.17) is 10.5 Å². The van der Waals surface area contributed by atoms with Crippen LogP contribution in [0.15, 0.2) is 40.2 Å². The molecule has 6 nitrogen and oxygen atoms in total. The number of anilines is 1. The summed E-state index contributed by atoms with van der Waals surface area (Å²) in [4.78, 5) is 18.5. The van der Waals surface area contributed by atoms with Gasteiger partial charge in [-0.25, -0.2) is 0 Å². The molecule has 0 unspecified atom stereocenters. The maximum Gasteiger partial charge on any atom is 0.286 e. The molecule has 2 aliphatic heterocycles. The molecule has 1 amide bonds. The summed E-state index contributed by atoms with van der Waals surface area (Å²) >= 11 is 1.22. The largest absolute Gasteiger partial charge is 0.378 e. The molecule has 1 fully saturated rings. The van der Waals surface area contributed by atoms with Crippen molar-refractivity contribution in [1.29, 1.82) is 0 Å². The van der Waals surface area contributed by atoms with E-state index < -0.39 is 0 Å². The van der Waals surface area contributed by atoms with Crippen molar-refractivity contribution in [3.8, 4) is 5.69 Å². The van der Waals surface area contributed by atoms with Gasteiger partial charge in [-0.3, -0.25) is 4.79 Å². The lowest BCUT2D eigenvalue weighted by Crippen LogP contribution is -2.36. The molecule has 140 valence electrons. The maximum atomic E-state index is 11.9. The van der Waals surface area contributed by atoms with Gasteiger partial charge in [0.2, 0.25) is 0 Å². The number of amidine groups is 1. The van der Waals surface area contributed by atoms with E-state index in [0.29, 0.717) is 10.1 Å². The molecular formula is C20H22N4O2S. The van der Waals surface area contributed by atoms with Crippen LogP contribution >= 0.6 is 11.8 Å². The van der Waals surface area contributed by atoms with Crippen molar-refractivity contribution in [2.75, 3.05) is 31.2 Å². The van der Waals surface area contributed by atoms with Crippen LogP contribution in [-0.2, 0) is 9.53 Å². The number of nitrogens with zero attached hydrogens (tertiary/aromatic N) is 3. The number of thioether (sulfide) groups is 1. The summed E-state index contributed by atoms with van der Waals surface area (Å²) in [7, 11) is 0. The zero-order chi connectivity index (χ0) is 19.0. The van der Waals surface area contributed by atoms with E-state index >= 15 is 0 Å². The summed E-state index contributed by atoms with van der Waals surface area (Å²) in [6, 6.07) is 10.7. The molecule has 2 aromatic rings. The first kappa shape index (κ1) is 17.9. The van der Waals surface area contributed by atoms with Crippen LogP contribution in [0.3, 0.4) is 0 Å². The molecule has 1 aromatic carbocycles. The Kier molecular flexibility index (Phi) is 4.80. The summed E-state index contributed by atoms with van der Waals surface area (Å²) in [5.74, 6) is -0.267. The second kappa shape index (κ2) is 7.25. The first-order valence-corrected chi connectivity index (χ1v) is 9.75. The molecule has 27 heavy (non-hydrogen) atoms. The Labute approximate surface area is 162 Å². The molecule has 1 aromatic heterocycles. The van der Waals surface area contributed by atoms with Gasteiger partial charge in [-0.05, 0) is 67.6 Å². The van der Waals surface area contributed by atoms with Crippen LogP contribution in [0.5, 0.6) is 0 Å². The Bertz CT molecular complexity index is 938. The van der Waals surface area contributed by atoms with Gasteiger partial charge in [0.1, 0.15) is 0 Å². The van der Waals surface area contributed by atoms with Gasteiger partial charge in [0.15, 0.2) is 5.17 Å². The van der Waals surface area contributed by atoms with Crippen molar-refractivity contribution in [2.24, 2.45) is 10.7 Å². The Balaban J connectivity index is 1.62. The van der Waals surface area contributed by atoms with Crippen LogP contribution in [0.4, 0.5) is 5.69 Å². The van der Waals surface area contributed by atoms with Crippen LogP contribution < -0.4 is 10.6 Å². The van der Waals surface area contributed by atoms with Gasteiger partial charge in [-0.2, -0.15) is 4.99 Å². The molecule has 0 atom stereocenters. The number of carbonyl (C=O) groups excluding carboxylic acids is 1. The van der Waals surface area contributed by atoms with Crippen molar-refractivity contribution < 1.29 is 9.53 Å². The van der Waals surface area contributed by atoms with E-state index in [1.165, 1.54) is 17.4 Å². The topological polar surface area (TPSA) is 72.8 Å². The Morgan fingerprint density at radius 2 is 1.81 bits per heavy atom. The first-order valence-electron chi connectivity index (χ1n) is 8.93. The number of ether oxygens (including phenoxy) is 1. The molecule has 0 bridgehead atoms. The van der Waals surface area contributed by atoms with E-state index in [0.717, 1.165) is 48.9 Å². The lowest BCUT2D eigenvalue weighted by molar-refractivity contribution is -0.113. The predicted molar refractivity (Wildman–Crippen MR) is 110 cm³/mol. The average Bonchev–Trinajstić information content (AvgIpc) is 3.13. The number of rotatable bonds is 3. The standard InChI is InChI=1S/C20H22N4O2S/c1-13-11-15(12-18-19(25)22-20(21)27-18)14(2)24(13)17-5-3-16(4-6-17)23-7-9-26-10-8-23/h3-6,11-12H,7-10H2,1-2H3,(H2,21,22,25)/b18-12-. The van der Waals surface area contributed by atoms with Crippen molar-refractivity contribution in [1.82, 2.24) is 4.57 Å². The minimum atomic E-state index is -0.267. The number of nitrogens with two attached hydrogens (primary N) is 1. The number of amides is 1. The van der Waals surface area contributed by atoms with Crippen molar-refractivity contribution in [3.05, 3.63) is 52.2 Å². The zero-order valence-electron chi connectivity index (χ0n) is 15.4. The number of carbonyl (C=O) groups is 1. The Morgan fingerprint density at radius 1 is 1.15 bits per heavy atom. The Hall–Kier alpha value is -2.51. The van der Waals surface area contributed by atoms with Gasteiger partial charge < -0.3 is 19.9 Å². The number of morpholine rings is 1. The number of aryl methyl sites for hydroxylation is 1. The fraction of sp³-hybridized carbons (Fsp3) is 0.300. The quantitative estimate of drug-likeness (QED) is 0.827.